The van der Waals surface area contributed by atoms with E-state index in [0.717, 1.165) is 40.7 Å². The fourth-order valence-corrected chi connectivity index (χ4v) is 4.20. The number of hydrogen-bond donors (Lipinski definition) is 2. The fraction of sp³-hybridized carbons (Fsp3) is 0.263. The first kappa shape index (κ1) is 17.3. The molecule has 5 nitrogen and oxygen atoms in total. The van der Waals surface area contributed by atoms with Crippen molar-refractivity contribution in [3.8, 4) is 11.1 Å². The van der Waals surface area contributed by atoms with Crippen molar-refractivity contribution in [3.05, 3.63) is 51.1 Å². The molecule has 0 unspecified atom stereocenters. The molecule has 0 fully saturated rings. The number of rotatable bonds is 2. The molecule has 134 valence electrons. The molecule has 2 heterocycles. The molecule has 1 aliphatic carbocycles. The summed E-state index contributed by atoms with van der Waals surface area (Å²) in [6.45, 7) is 0.594. The number of hydrogen-bond acceptors (Lipinski definition) is 4. The molecular formula is C19H17Cl2N3O2. The summed E-state index contributed by atoms with van der Waals surface area (Å²) in [5.74, 6) is 0.184. The summed E-state index contributed by atoms with van der Waals surface area (Å²) in [6, 6.07) is 5.50. The smallest absolute Gasteiger partial charge is 0.248 e. The number of nitrogens with zero attached hydrogens (tertiary/aromatic N) is 2. The van der Waals surface area contributed by atoms with Gasteiger partial charge in [0, 0.05) is 24.8 Å². The minimum atomic E-state index is -0.481. The van der Waals surface area contributed by atoms with Crippen LogP contribution in [0.2, 0.25) is 10.0 Å². The number of pyridine rings is 1. The van der Waals surface area contributed by atoms with E-state index >= 15 is 0 Å². The first-order valence-electron chi connectivity index (χ1n) is 8.32. The summed E-state index contributed by atoms with van der Waals surface area (Å²) < 4.78 is 0. The zero-order valence-electron chi connectivity index (χ0n) is 13.9. The first-order chi connectivity index (χ1) is 12.5. The van der Waals surface area contributed by atoms with E-state index in [9.17, 15) is 9.90 Å². The molecule has 1 aromatic heterocycles. The number of halogens is 2. The molecule has 1 aromatic carbocycles. The minimum Gasteiger partial charge on any atom is -0.387 e. The van der Waals surface area contributed by atoms with Gasteiger partial charge in [0.2, 0.25) is 5.91 Å². The van der Waals surface area contributed by atoms with Gasteiger partial charge in [-0.25, -0.2) is 4.98 Å². The van der Waals surface area contributed by atoms with Crippen LogP contribution in [-0.2, 0) is 11.2 Å². The summed E-state index contributed by atoms with van der Waals surface area (Å²) >= 11 is 12.9. The molecule has 0 saturated carbocycles. The fourth-order valence-electron chi connectivity index (χ4n) is 3.76. The van der Waals surface area contributed by atoms with Crippen LogP contribution in [0.1, 0.15) is 17.5 Å². The Hall–Kier alpha value is -2.08. The predicted octanol–water partition coefficient (Wildman–Crippen LogP) is 3.17. The van der Waals surface area contributed by atoms with Crippen LogP contribution in [0, 0.1) is 0 Å². The number of aromatic nitrogens is 1. The number of anilines is 1. The average Bonchev–Trinajstić information content (AvgIpc) is 3.04. The van der Waals surface area contributed by atoms with Gasteiger partial charge in [-0.2, -0.15) is 0 Å². The van der Waals surface area contributed by atoms with Crippen LogP contribution in [-0.4, -0.2) is 40.6 Å². The number of carbonyl (C=O) groups is 1. The maximum Gasteiger partial charge on any atom is 0.248 e. The average molecular weight is 390 g/mol. The van der Waals surface area contributed by atoms with Crippen molar-refractivity contribution in [3.63, 3.8) is 0 Å². The van der Waals surface area contributed by atoms with Gasteiger partial charge in [0.25, 0.3) is 0 Å². The summed E-state index contributed by atoms with van der Waals surface area (Å²) in [5, 5.41) is 10.3. The summed E-state index contributed by atoms with van der Waals surface area (Å²) in [4.78, 5) is 17.8. The van der Waals surface area contributed by atoms with Crippen molar-refractivity contribution >= 4 is 40.5 Å². The van der Waals surface area contributed by atoms with Gasteiger partial charge in [-0.15, -0.1) is 0 Å². The topological polar surface area (TPSA) is 79.5 Å². The molecule has 0 spiro atoms. The van der Waals surface area contributed by atoms with E-state index in [1.807, 2.05) is 12.1 Å². The van der Waals surface area contributed by atoms with Gasteiger partial charge in [-0.3, -0.25) is 4.79 Å². The van der Waals surface area contributed by atoms with E-state index in [4.69, 9.17) is 28.9 Å². The van der Waals surface area contributed by atoms with E-state index in [1.165, 1.54) is 5.57 Å². The Morgan fingerprint density at radius 1 is 1.35 bits per heavy atom. The zero-order chi connectivity index (χ0) is 18.4. The monoisotopic (exact) mass is 389 g/mol. The molecule has 0 saturated heterocycles. The van der Waals surface area contributed by atoms with Crippen LogP contribution in [0.25, 0.3) is 16.7 Å². The molecule has 2 aromatic rings. The number of nitrogens with two attached hydrogens (primary N) is 1. The Labute approximate surface area is 161 Å². The normalized spacial score (nSPS) is 15.9. The van der Waals surface area contributed by atoms with E-state index in [0.29, 0.717) is 29.0 Å². The van der Waals surface area contributed by atoms with Gasteiger partial charge < -0.3 is 15.7 Å². The third kappa shape index (κ3) is 2.76. The van der Waals surface area contributed by atoms with E-state index in [2.05, 4.69) is 4.98 Å². The lowest BCUT2D eigenvalue weighted by Gasteiger charge is -2.29. The quantitative estimate of drug-likeness (QED) is 0.826. The number of carbonyl (C=O) groups excluding carboxylic acids is 1. The molecule has 2 aliphatic rings. The van der Waals surface area contributed by atoms with Gasteiger partial charge in [-0.05, 0) is 53.3 Å². The molecule has 0 radical (unpaired) electrons. The molecule has 0 atom stereocenters. The molecule has 0 bridgehead atoms. The lowest BCUT2D eigenvalue weighted by molar-refractivity contribution is -0.133. The van der Waals surface area contributed by atoms with Crippen molar-refractivity contribution in [2.45, 2.75) is 12.8 Å². The Kier molecular flexibility index (Phi) is 4.39. The molecule has 3 N–H and O–H groups in total. The molecule has 7 heteroatoms. The largest absolute Gasteiger partial charge is 0.387 e. The van der Waals surface area contributed by atoms with Gasteiger partial charge in [-0.1, -0.05) is 28.8 Å². The Morgan fingerprint density at radius 2 is 2.15 bits per heavy atom. The van der Waals surface area contributed by atoms with E-state index in [-0.39, 0.29) is 5.91 Å². The van der Waals surface area contributed by atoms with Crippen LogP contribution in [0.3, 0.4) is 0 Å². The highest BCUT2D eigenvalue weighted by Crippen LogP contribution is 2.47. The Bertz CT molecular complexity index is 939. The summed E-state index contributed by atoms with van der Waals surface area (Å²) in [7, 11) is 0. The number of benzene rings is 1. The zero-order valence-corrected chi connectivity index (χ0v) is 15.4. The SMILES string of the molecule is Nc1ccc(-c2cc(Cl)c(Cl)c3c2C2=C(CCN(C(=O)CO)C2)C3)cn1. The van der Waals surface area contributed by atoms with Crippen LogP contribution in [0.5, 0.6) is 0 Å². The third-order valence-electron chi connectivity index (χ3n) is 5.05. The maximum atomic E-state index is 12.0. The second kappa shape index (κ2) is 6.58. The maximum absolute atomic E-state index is 12.0. The van der Waals surface area contributed by atoms with Gasteiger partial charge in [0.1, 0.15) is 12.4 Å². The van der Waals surface area contributed by atoms with Crippen LogP contribution < -0.4 is 5.73 Å². The van der Waals surface area contributed by atoms with E-state index in [1.54, 1.807) is 17.2 Å². The van der Waals surface area contributed by atoms with Crippen LogP contribution in [0.15, 0.2) is 30.0 Å². The van der Waals surface area contributed by atoms with Gasteiger partial charge in [0.15, 0.2) is 0 Å². The molecule has 26 heavy (non-hydrogen) atoms. The predicted molar refractivity (Wildman–Crippen MR) is 103 cm³/mol. The standard InChI is InChI=1S/C19H17Cl2N3O2/c20-15-6-12(11-1-2-16(22)23-7-11)18-13(19(15)21)5-10-3-4-24(8-14(10)18)17(26)9-25/h1-2,6-7,25H,3-5,8-9H2,(H2,22,23). The van der Waals surface area contributed by atoms with Crippen molar-refractivity contribution in [2.24, 2.45) is 0 Å². The number of amides is 1. The van der Waals surface area contributed by atoms with E-state index < -0.39 is 6.61 Å². The number of nitrogen functional groups attached to an aromatic ring is 1. The van der Waals surface area contributed by atoms with Crippen molar-refractivity contribution in [1.29, 1.82) is 0 Å². The first-order valence-corrected chi connectivity index (χ1v) is 9.08. The third-order valence-corrected chi connectivity index (χ3v) is 5.88. The molecular weight excluding hydrogens is 373 g/mol. The molecule has 1 aliphatic heterocycles. The summed E-state index contributed by atoms with van der Waals surface area (Å²) in [6.07, 6.45) is 3.22. The molecule has 4 rings (SSSR count). The lowest BCUT2D eigenvalue weighted by atomic mass is 9.93. The van der Waals surface area contributed by atoms with Crippen molar-refractivity contribution < 1.29 is 9.90 Å². The summed E-state index contributed by atoms with van der Waals surface area (Å²) in [5.41, 5.74) is 11.9. The van der Waals surface area contributed by atoms with Crippen LogP contribution >= 0.6 is 23.2 Å². The van der Waals surface area contributed by atoms with Crippen molar-refractivity contribution in [1.82, 2.24) is 9.88 Å². The lowest BCUT2D eigenvalue weighted by Crippen LogP contribution is -2.37. The number of aliphatic hydroxyl groups excluding tert-OH is 1. The highest BCUT2D eigenvalue weighted by Gasteiger charge is 2.33. The second-order valence-corrected chi connectivity index (χ2v) is 7.31. The highest BCUT2D eigenvalue weighted by molar-refractivity contribution is 6.43. The number of aliphatic hydroxyl groups is 1. The molecule has 1 amide bonds. The highest BCUT2D eigenvalue weighted by atomic mass is 35.5. The van der Waals surface area contributed by atoms with Gasteiger partial charge >= 0.3 is 0 Å². The number of fused-ring (bicyclic) bond motifs is 2. The van der Waals surface area contributed by atoms with Gasteiger partial charge in [0.05, 0.1) is 10.0 Å². The van der Waals surface area contributed by atoms with Crippen LogP contribution in [0.4, 0.5) is 5.82 Å². The second-order valence-electron chi connectivity index (χ2n) is 6.53. The van der Waals surface area contributed by atoms with Crippen molar-refractivity contribution in [2.75, 3.05) is 25.4 Å². The Morgan fingerprint density at radius 3 is 2.85 bits per heavy atom. The Balaban J connectivity index is 1.86. The minimum absolute atomic E-state index is 0.263.